The Kier molecular flexibility index (Phi) is 5.02. The minimum Gasteiger partial charge on any atom is -0.322 e. The van der Waals surface area contributed by atoms with Crippen molar-refractivity contribution in [1.29, 1.82) is 0 Å². The molecule has 0 aliphatic rings. The molecule has 0 fully saturated rings. The van der Waals surface area contributed by atoms with Gasteiger partial charge in [0.15, 0.2) is 0 Å². The van der Waals surface area contributed by atoms with E-state index in [2.05, 4.69) is 27.9 Å². The van der Waals surface area contributed by atoms with E-state index < -0.39 is 10.8 Å². The lowest BCUT2D eigenvalue weighted by atomic mass is 10.1. The van der Waals surface area contributed by atoms with Gasteiger partial charge in [-0.25, -0.2) is 0 Å². The van der Waals surface area contributed by atoms with Crippen molar-refractivity contribution in [3.8, 4) is 0 Å². The normalized spacial score (nSPS) is 10.4. The van der Waals surface area contributed by atoms with Crippen LogP contribution in [0.4, 0.5) is 11.4 Å². The number of nitrogens with one attached hydrogen (secondary N) is 1. The molecule has 0 aliphatic carbocycles. The number of nitro benzene ring substituents is 1. The number of anilines is 1. The maximum Gasteiger partial charge on any atom is 0.270 e. The van der Waals surface area contributed by atoms with Gasteiger partial charge < -0.3 is 5.32 Å². The second-order valence-corrected chi connectivity index (χ2v) is 6.29. The van der Waals surface area contributed by atoms with Gasteiger partial charge in [-0.3, -0.25) is 14.9 Å². The second-order valence-electron chi connectivity index (χ2n) is 4.80. The summed E-state index contributed by atoms with van der Waals surface area (Å²) in [6.07, 6.45) is 0. The van der Waals surface area contributed by atoms with E-state index in [1.165, 1.54) is 18.2 Å². The zero-order valence-electron chi connectivity index (χ0n) is 11.8. The minimum absolute atomic E-state index is 0.0469. The Morgan fingerprint density at radius 3 is 2.32 bits per heavy atom. The molecule has 0 radical (unpaired) electrons. The molecule has 0 aliphatic heterocycles. The highest BCUT2D eigenvalue weighted by Gasteiger charge is 2.15. The van der Waals surface area contributed by atoms with Crippen LogP contribution in [0, 0.1) is 27.5 Å². The Hall–Kier alpha value is -1.67. The van der Waals surface area contributed by atoms with Gasteiger partial charge in [0, 0.05) is 21.4 Å². The van der Waals surface area contributed by atoms with Crippen molar-refractivity contribution in [2.45, 2.75) is 13.8 Å². The number of benzene rings is 2. The third-order valence-electron chi connectivity index (χ3n) is 3.10. The molecule has 0 saturated carbocycles. The Morgan fingerprint density at radius 1 is 1.23 bits per heavy atom. The molecular formula is C15H12ClIN2O3. The van der Waals surface area contributed by atoms with Crippen LogP contribution in [-0.2, 0) is 0 Å². The highest BCUT2D eigenvalue weighted by Crippen LogP contribution is 2.25. The summed E-state index contributed by atoms with van der Waals surface area (Å²) >= 11 is 8.20. The number of hydrogen-bond donors (Lipinski definition) is 1. The Morgan fingerprint density at radius 2 is 1.82 bits per heavy atom. The number of amides is 1. The molecule has 1 amide bonds. The first-order valence-electron chi connectivity index (χ1n) is 6.31. The summed E-state index contributed by atoms with van der Waals surface area (Å²) in [5.41, 5.74) is 2.83. The first kappa shape index (κ1) is 16.7. The molecule has 0 spiro atoms. The Labute approximate surface area is 146 Å². The molecule has 0 bridgehead atoms. The fourth-order valence-corrected chi connectivity index (χ4v) is 2.59. The van der Waals surface area contributed by atoms with Gasteiger partial charge in [-0.15, -0.1) is 0 Å². The standard InChI is InChI=1S/C15H12ClIN2O3/c1-8-5-10(6-9(2)14(8)17)18-15(20)12-4-3-11(19(21)22)7-13(12)16/h3-7H,1-2H3,(H,18,20). The average molecular weight is 431 g/mol. The molecule has 2 aromatic carbocycles. The number of halogens is 2. The SMILES string of the molecule is Cc1cc(NC(=O)c2ccc([N+](=O)[O-])cc2Cl)cc(C)c1I. The van der Waals surface area contributed by atoms with Crippen LogP contribution in [-0.4, -0.2) is 10.8 Å². The van der Waals surface area contributed by atoms with Gasteiger partial charge in [0.25, 0.3) is 11.6 Å². The molecular weight excluding hydrogens is 419 g/mol. The van der Waals surface area contributed by atoms with Crippen molar-refractivity contribution in [2.75, 3.05) is 5.32 Å². The average Bonchev–Trinajstić information content (AvgIpc) is 2.44. The molecule has 114 valence electrons. The van der Waals surface area contributed by atoms with Gasteiger partial charge in [0.1, 0.15) is 0 Å². The summed E-state index contributed by atoms with van der Waals surface area (Å²) in [7, 11) is 0. The molecule has 0 saturated heterocycles. The first-order chi connectivity index (χ1) is 10.3. The summed E-state index contributed by atoms with van der Waals surface area (Å²) in [5, 5.41) is 13.5. The van der Waals surface area contributed by atoms with Gasteiger partial charge in [0.2, 0.25) is 0 Å². The van der Waals surface area contributed by atoms with E-state index in [1.54, 1.807) is 0 Å². The summed E-state index contributed by atoms with van der Waals surface area (Å²) < 4.78 is 1.14. The van der Waals surface area contributed by atoms with Crippen LogP contribution in [0.3, 0.4) is 0 Å². The van der Waals surface area contributed by atoms with Crippen molar-refractivity contribution in [3.05, 3.63) is 65.7 Å². The van der Waals surface area contributed by atoms with Gasteiger partial charge in [-0.1, -0.05) is 11.6 Å². The summed E-state index contributed by atoms with van der Waals surface area (Å²) in [5.74, 6) is -0.403. The van der Waals surface area contributed by atoms with E-state index in [-0.39, 0.29) is 16.3 Å². The molecule has 22 heavy (non-hydrogen) atoms. The third-order valence-corrected chi connectivity index (χ3v) is 5.12. The molecule has 0 heterocycles. The van der Waals surface area contributed by atoms with E-state index in [0.29, 0.717) is 5.69 Å². The zero-order valence-corrected chi connectivity index (χ0v) is 14.7. The number of rotatable bonds is 3. The summed E-state index contributed by atoms with van der Waals surface area (Å²) in [6.45, 7) is 3.92. The number of non-ortho nitro benzene ring substituents is 1. The topological polar surface area (TPSA) is 72.2 Å². The second kappa shape index (κ2) is 6.62. The maximum absolute atomic E-state index is 12.3. The van der Waals surface area contributed by atoms with Gasteiger partial charge in [-0.2, -0.15) is 0 Å². The minimum atomic E-state index is -0.556. The van der Waals surface area contributed by atoms with Crippen LogP contribution in [0.2, 0.25) is 5.02 Å². The van der Waals surface area contributed by atoms with E-state index in [1.807, 2.05) is 26.0 Å². The maximum atomic E-state index is 12.3. The van der Waals surface area contributed by atoms with Crippen LogP contribution in [0.25, 0.3) is 0 Å². The summed E-state index contributed by atoms with van der Waals surface area (Å²) in [4.78, 5) is 22.4. The highest BCUT2D eigenvalue weighted by molar-refractivity contribution is 14.1. The number of nitro groups is 1. The van der Waals surface area contributed by atoms with Gasteiger partial charge in [-0.05, 0) is 65.8 Å². The lowest BCUT2D eigenvalue weighted by Crippen LogP contribution is -2.13. The third kappa shape index (κ3) is 3.56. The molecule has 5 nitrogen and oxygen atoms in total. The fraction of sp³-hybridized carbons (Fsp3) is 0.133. The van der Waals surface area contributed by atoms with Crippen LogP contribution in [0.5, 0.6) is 0 Å². The van der Waals surface area contributed by atoms with Crippen molar-refractivity contribution in [1.82, 2.24) is 0 Å². The lowest BCUT2D eigenvalue weighted by Gasteiger charge is -2.10. The van der Waals surface area contributed by atoms with Crippen LogP contribution >= 0.6 is 34.2 Å². The molecule has 1 N–H and O–H groups in total. The van der Waals surface area contributed by atoms with Crippen molar-refractivity contribution in [3.63, 3.8) is 0 Å². The fourth-order valence-electron chi connectivity index (χ4n) is 2.02. The van der Waals surface area contributed by atoms with E-state index in [9.17, 15) is 14.9 Å². The predicted octanol–water partition coefficient (Wildman–Crippen LogP) is 4.72. The zero-order chi connectivity index (χ0) is 16.4. The molecule has 0 unspecified atom stereocenters. The predicted molar refractivity (Wildman–Crippen MR) is 94.7 cm³/mol. The number of hydrogen-bond acceptors (Lipinski definition) is 3. The largest absolute Gasteiger partial charge is 0.322 e. The Balaban J connectivity index is 2.28. The lowest BCUT2D eigenvalue weighted by molar-refractivity contribution is -0.384. The Bertz CT molecular complexity index is 754. The van der Waals surface area contributed by atoms with Crippen LogP contribution in [0.1, 0.15) is 21.5 Å². The van der Waals surface area contributed by atoms with E-state index >= 15 is 0 Å². The molecule has 0 atom stereocenters. The van der Waals surface area contributed by atoms with Crippen molar-refractivity contribution < 1.29 is 9.72 Å². The molecule has 7 heteroatoms. The number of nitrogens with zero attached hydrogens (tertiary/aromatic N) is 1. The van der Waals surface area contributed by atoms with Gasteiger partial charge in [0.05, 0.1) is 15.5 Å². The first-order valence-corrected chi connectivity index (χ1v) is 7.77. The van der Waals surface area contributed by atoms with E-state index in [4.69, 9.17) is 11.6 Å². The van der Waals surface area contributed by atoms with Crippen LogP contribution < -0.4 is 5.32 Å². The number of carbonyl (C=O) groups is 1. The molecule has 0 aromatic heterocycles. The van der Waals surface area contributed by atoms with Gasteiger partial charge >= 0.3 is 0 Å². The van der Waals surface area contributed by atoms with Crippen molar-refractivity contribution in [2.24, 2.45) is 0 Å². The van der Waals surface area contributed by atoms with Crippen molar-refractivity contribution >= 4 is 51.5 Å². The smallest absolute Gasteiger partial charge is 0.270 e. The van der Waals surface area contributed by atoms with Crippen LogP contribution in [0.15, 0.2) is 30.3 Å². The molecule has 2 rings (SSSR count). The molecule has 2 aromatic rings. The number of aryl methyl sites for hydroxylation is 2. The number of carbonyl (C=O) groups excluding carboxylic acids is 1. The highest BCUT2D eigenvalue weighted by atomic mass is 127. The quantitative estimate of drug-likeness (QED) is 0.435. The monoisotopic (exact) mass is 430 g/mol. The van der Waals surface area contributed by atoms with E-state index in [0.717, 1.165) is 14.7 Å². The summed E-state index contributed by atoms with van der Waals surface area (Å²) in [6, 6.07) is 7.51.